The molecule has 0 radical (unpaired) electrons. The first-order chi connectivity index (χ1) is 17.3. The van der Waals surface area contributed by atoms with Crippen molar-refractivity contribution in [2.45, 2.75) is 27.4 Å². The van der Waals surface area contributed by atoms with Crippen molar-refractivity contribution in [2.75, 3.05) is 19.0 Å². The standard InChI is InChI=1S/C29H28N2O5/c1-5-35-27-16-21(8-13-26(27)36-18-22-7-6-19(2)20(3)14-22)15-24(17-30)28(32)31-25-11-9-23(10-12-25)29(33)34-4/h6-16H,5,18H2,1-4H3,(H,31,32)/b24-15+. The van der Waals surface area contributed by atoms with Crippen LogP contribution in [0.15, 0.2) is 66.2 Å². The molecular formula is C29H28N2O5. The van der Waals surface area contributed by atoms with Gasteiger partial charge in [0, 0.05) is 5.69 Å². The van der Waals surface area contributed by atoms with Gasteiger partial charge in [0.15, 0.2) is 11.5 Å². The maximum atomic E-state index is 12.7. The second kappa shape index (κ2) is 12.2. The third-order valence-electron chi connectivity index (χ3n) is 5.47. The van der Waals surface area contributed by atoms with Crippen LogP contribution in [0.2, 0.25) is 0 Å². The summed E-state index contributed by atoms with van der Waals surface area (Å²) in [4.78, 5) is 24.2. The summed E-state index contributed by atoms with van der Waals surface area (Å²) in [5, 5.41) is 12.2. The Hall–Kier alpha value is -4.57. The third kappa shape index (κ3) is 6.73. The Morgan fingerprint density at radius 3 is 2.33 bits per heavy atom. The molecule has 3 aromatic rings. The van der Waals surface area contributed by atoms with Crippen LogP contribution in [0.5, 0.6) is 11.5 Å². The number of carbonyl (C=O) groups is 2. The Morgan fingerprint density at radius 1 is 0.944 bits per heavy atom. The highest BCUT2D eigenvalue weighted by molar-refractivity contribution is 6.09. The predicted octanol–water partition coefficient (Wildman–Crippen LogP) is 5.61. The van der Waals surface area contributed by atoms with Crippen LogP contribution in [0.25, 0.3) is 6.08 Å². The van der Waals surface area contributed by atoms with E-state index < -0.39 is 11.9 Å². The van der Waals surface area contributed by atoms with Crippen molar-refractivity contribution in [2.24, 2.45) is 0 Å². The average molecular weight is 485 g/mol. The number of nitrogens with one attached hydrogen (secondary N) is 1. The molecule has 0 heterocycles. The van der Waals surface area contributed by atoms with E-state index >= 15 is 0 Å². The largest absolute Gasteiger partial charge is 0.490 e. The Balaban J connectivity index is 1.75. The zero-order valence-corrected chi connectivity index (χ0v) is 20.8. The van der Waals surface area contributed by atoms with Crippen molar-refractivity contribution in [3.63, 3.8) is 0 Å². The molecule has 0 fully saturated rings. The van der Waals surface area contributed by atoms with E-state index in [-0.39, 0.29) is 5.57 Å². The van der Waals surface area contributed by atoms with Crippen LogP contribution >= 0.6 is 0 Å². The molecule has 0 saturated heterocycles. The molecule has 7 nitrogen and oxygen atoms in total. The van der Waals surface area contributed by atoms with Crippen LogP contribution in [-0.2, 0) is 16.1 Å². The zero-order chi connectivity index (χ0) is 26.1. The SMILES string of the molecule is CCOc1cc(/C=C(\C#N)C(=O)Nc2ccc(C(=O)OC)cc2)ccc1OCc1ccc(C)c(C)c1. The molecule has 1 N–H and O–H groups in total. The summed E-state index contributed by atoms with van der Waals surface area (Å²) in [5.74, 6) is 0.0420. The number of nitrogens with zero attached hydrogens (tertiary/aromatic N) is 1. The summed E-state index contributed by atoms with van der Waals surface area (Å²) in [6, 6.07) is 19.6. The normalized spacial score (nSPS) is 10.8. The van der Waals surface area contributed by atoms with Crippen LogP contribution in [0.4, 0.5) is 5.69 Å². The van der Waals surface area contributed by atoms with Gasteiger partial charge in [-0.3, -0.25) is 4.79 Å². The minimum Gasteiger partial charge on any atom is -0.490 e. The lowest BCUT2D eigenvalue weighted by molar-refractivity contribution is -0.112. The van der Waals surface area contributed by atoms with Gasteiger partial charge in [-0.05, 0) is 85.5 Å². The zero-order valence-electron chi connectivity index (χ0n) is 20.8. The van der Waals surface area contributed by atoms with Crippen molar-refractivity contribution in [1.82, 2.24) is 0 Å². The first-order valence-electron chi connectivity index (χ1n) is 11.4. The second-order valence-electron chi connectivity index (χ2n) is 8.04. The third-order valence-corrected chi connectivity index (χ3v) is 5.47. The lowest BCUT2D eigenvalue weighted by Gasteiger charge is -2.13. The number of amides is 1. The number of nitriles is 1. The molecule has 0 aliphatic heterocycles. The lowest BCUT2D eigenvalue weighted by atomic mass is 10.1. The number of anilines is 1. The van der Waals surface area contributed by atoms with Gasteiger partial charge in [0.25, 0.3) is 5.91 Å². The molecule has 3 rings (SSSR count). The lowest BCUT2D eigenvalue weighted by Crippen LogP contribution is -2.13. The quantitative estimate of drug-likeness (QED) is 0.241. The van der Waals surface area contributed by atoms with E-state index in [1.807, 2.05) is 19.1 Å². The number of hydrogen-bond acceptors (Lipinski definition) is 6. The molecule has 0 atom stereocenters. The predicted molar refractivity (Wildman–Crippen MR) is 138 cm³/mol. The van der Waals surface area contributed by atoms with Gasteiger partial charge in [0.05, 0.1) is 19.3 Å². The first kappa shape index (κ1) is 26.0. The molecule has 184 valence electrons. The van der Waals surface area contributed by atoms with E-state index in [2.05, 4.69) is 36.0 Å². The topological polar surface area (TPSA) is 97.7 Å². The fourth-order valence-electron chi connectivity index (χ4n) is 3.38. The molecule has 0 bridgehead atoms. The van der Waals surface area contributed by atoms with Crippen LogP contribution in [0.1, 0.15) is 39.5 Å². The number of methoxy groups -OCH3 is 1. The number of aryl methyl sites for hydroxylation is 2. The number of esters is 1. The molecule has 0 spiro atoms. The number of ether oxygens (including phenoxy) is 3. The molecule has 1 amide bonds. The minimum atomic E-state index is -0.573. The summed E-state index contributed by atoms with van der Waals surface area (Å²) in [6.45, 7) is 6.81. The van der Waals surface area contributed by atoms with Gasteiger partial charge < -0.3 is 19.5 Å². The van der Waals surface area contributed by atoms with Crippen molar-refractivity contribution < 1.29 is 23.8 Å². The molecule has 0 aromatic heterocycles. The van der Waals surface area contributed by atoms with Gasteiger partial charge in [-0.1, -0.05) is 24.3 Å². The summed E-state index contributed by atoms with van der Waals surface area (Å²) < 4.78 is 16.4. The monoisotopic (exact) mass is 484 g/mol. The molecule has 0 unspecified atom stereocenters. The molecular weight excluding hydrogens is 456 g/mol. The van der Waals surface area contributed by atoms with Gasteiger partial charge in [-0.15, -0.1) is 0 Å². The summed E-state index contributed by atoms with van der Waals surface area (Å²) >= 11 is 0. The van der Waals surface area contributed by atoms with Crippen LogP contribution in [-0.4, -0.2) is 25.6 Å². The number of rotatable bonds is 9. The Kier molecular flexibility index (Phi) is 8.84. The molecule has 36 heavy (non-hydrogen) atoms. The number of carbonyl (C=O) groups excluding carboxylic acids is 2. The fraction of sp³-hybridized carbons (Fsp3) is 0.207. The molecule has 0 saturated carbocycles. The van der Waals surface area contributed by atoms with Gasteiger partial charge >= 0.3 is 5.97 Å². The van der Waals surface area contributed by atoms with Crippen molar-refractivity contribution >= 4 is 23.6 Å². The van der Waals surface area contributed by atoms with Gasteiger partial charge in [0.2, 0.25) is 0 Å². The summed E-state index contributed by atoms with van der Waals surface area (Å²) in [7, 11) is 1.29. The van der Waals surface area contributed by atoms with E-state index in [1.54, 1.807) is 30.3 Å². The maximum Gasteiger partial charge on any atom is 0.337 e. The maximum absolute atomic E-state index is 12.7. The Bertz CT molecular complexity index is 1320. The van der Waals surface area contributed by atoms with E-state index in [0.717, 1.165) is 5.56 Å². The Morgan fingerprint density at radius 2 is 1.69 bits per heavy atom. The minimum absolute atomic E-state index is 0.0849. The second-order valence-corrected chi connectivity index (χ2v) is 8.04. The van der Waals surface area contributed by atoms with Crippen molar-refractivity contribution in [3.8, 4) is 17.6 Å². The first-order valence-corrected chi connectivity index (χ1v) is 11.4. The van der Waals surface area contributed by atoms with Crippen molar-refractivity contribution in [3.05, 3.63) is 94.1 Å². The van der Waals surface area contributed by atoms with Crippen LogP contribution in [0, 0.1) is 25.2 Å². The number of hydrogen-bond donors (Lipinski definition) is 1. The van der Waals surface area contributed by atoms with Crippen LogP contribution in [0.3, 0.4) is 0 Å². The highest BCUT2D eigenvalue weighted by Crippen LogP contribution is 2.30. The van der Waals surface area contributed by atoms with Gasteiger partial charge in [0.1, 0.15) is 18.2 Å². The van der Waals surface area contributed by atoms with E-state index in [0.29, 0.717) is 41.5 Å². The van der Waals surface area contributed by atoms with Crippen molar-refractivity contribution in [1.29, 1.82) is 5.26 Å². The molecule has 3 aromatic carbocycles. The molecule has 7 heteroatoms. The summed E-state index contributed by atoms with van der Waals surface area (Å²) in [6.07, 6.45) is 1.48. The van der Waals surface area contributed by atoms with E-state index in [9.17, 15) is 14.9 Å². The fourth-order valence-corrected chi connectivity index (χ4v) is 3.38. The van der Waals surface area contributed by atoms with Gasteiger partial charge in [-0.25, -0.2) is 4.79 Å². The molecule has 0 aliphatic rings. The highest BCUT2D eigenvalue weighted by atomic mass is 16.5. The number of benzene rings is 3. The highest BCUT2D eigenvalue weighted by Gasteiger charge is 2.13. The molecule has 0 aliphatic carbocycles. The average Bonchev–Trinajstić information content (AvgIpc) is 2.88. The van der Waals surface area contributed by atoms with Crippen LogP contribution < -0.4 is 14.8 Å². The summed E-state index contributed by atoms with van der Waals surface area (Å²) in [5.41, 5.74) is 4.80. The van der Waals surface area contributed by atoms with E-state index in [4.69, 9.17) is 9.47 Å². The smallest absolute Gasteiger partial charge is 0.337 e. The Labute approximate surface area is 210 Å². The van der Waals surface area contributed by atoms with Gasteiger partial charge in [-0.2, -0.15) is 5.26 Å². The van der Waals surface area contributed by atoms with E-state index in [1.165, 1.54) is 36.4 Å².